The van der Waals surface area contributed by atoms with Gasteiger partial charge in [-0.05, 0) is 31.7 Å². The van der Waals surface area contributed by atoms with E-state index >= 15 is 0 Å². The Labute approximate surface area is 185 Å². The van der Waals surface area contributed by atoms with Crippen molar-refractivity contribution in [1.29, 1.82) is 5.26 Å². The summed E-state index contributed by atoms with van der Waals surface area (Å²) in [5.41, 5.74) is -1.08. The monoisotopic (exact) mass is 465 g/mol. The predicted octanol–water partition coefficient (Wildman–Crippen LogP) is 1.52. The Bertz CT molecular complexity index is 1080. The standard InChI is InChI=1S/C19H23N5O5S2/c1-12-6-4-5-7-14(12)31(27,28)15(10-20)16-17(24(25)26)18(22-19(21-16)30-3)23-8-9-29-13(2)11-23/h4-7,13,15,19,22H,8-9,11H2,1-3H3. The third kappa shape index (κ3) is 4.53. The van der Waals surface area contributed by atoms with Crippen LogP contribution in [0.15, 0.2) is 45.7 Å². The minimum atomic E-state index is -4.26. The van der Waals surface area contributed by atoms with Crippen LogP contribution in [-0.2, 0) is 14.6 Å². The van der Waals surface area contributed by atoms with Crippen LogP contribution in [0.25, 0.3) is 0 Å². The van der Waals surface area contributed by atoms with Crippen molar-refractivity contribution in [2.24, 2.45) is 4.99 Å². The third-order valence-corrected chi connectivity index (χ3v) is 7.71. The second-order valence-corrected chi connectivity index (χ2v) is 10.1. The molecule has 2 heterocycles. The first-order valence-corrected chi connectivity index (χ1v) is 12.4. The van der Waals surface area contributed by atoms with E-state index in [1.807, 2.05) is 6.92 Å². The Balaban J connectivity index is 2.17. The van der Waals surface area contributed by atoms with Gasteiger partial charge < -0.3 is 15.0 Å². The lowest BCUT2D eigenvalue weighted by molar-refractivity contribution is -0.418. The molecule has 3 rings (SSSR count). The lowest BCUT2D eigenvalue weighted by Gasteiger charge is -2.36. The fraction of sp³-hybridized carbons (Fsp3) is 0.474. The number of nitrogens with one attached hydrogen (secondary N) is 1. The van der Waals surface area contributed by atoms with Crippen LogP contribution in [0.1, 0.15) is 12.5 Å². The topological polar surface area (TPSA) is 138 Å². The van der Waals surface area contributed by atoms with Gasteiger partial charge in [-0.25, -0.2) is 13.4 Å². The number of nitrogens with zero attached hydrogens (tertiary/aromatic N) is 4. The zero-order chi connectivity index (χ0) is 22.8. The zero-order valence-electron chi connectivity index (χ0n) is 17.3. The number of allylic oxidation sites excluding steroid dienone is 1. The minimum absolute atomic E-state index is 0.0484. The highest BCUT2D eigenvalue weighted by atomic mass is 32.2. The van der Waals surface area contributed by atoms with Gasteiger partial charge in [-0.1, -0.05) is 18.2 Å². The third-order valence-electron chi connectivity index (χ3n) is 5.02. The summed E-state index contributed by atoms with van der Waals surface area (Å²) >= 11 is 1.25. The van der Waals surface area contributed by atoms with Crippen LogP contribution < -0.4 is 5.32 Å². The summed E-state index contributed by atoms with van der Waals surface area (Å²) in [5.74, 6) is 0.157. The molecule has 10 nitrogen and oxygen atoms in total. The molecular formula is C19H23N5O5S2. The van der Waals surface area contributed by atoms with Crippen molar-refractivity contribution in [2.45, 2.75) is 35.6 Å². The molecule has 166 valence electrons. The van der Waals surface area contributed by atoms with Crippen LogP contribution in [0.3, 0.4) is 0 Å². The van der Waals surface area contributed by atoms with E-state index in [9.17, 15) is 23.8 Å². The molecule has 1 aromatic rings. The van der Waals surface area contributed by atoms with Gasteiger partial charge in [0.25, 0.3) is 0 Å². The smallest absolute Gasteiger partial charge is 0.332 e. The van der Waals surface area contributed by atoms with Gasteiger partial charge in [0.15, 0.2) is 17.0 Å². The number of hydrogen-bond acceptors (Lipinski definition) is 10. The highest BCUT2D eigenvalue weighted by molar-refractivity contribution is 7.99. The Kier molecular flexibility index (Phi) is 6.88. The van der Waals surface area contributed by atoms with E-state index in [-0.39, 0.29) is 22.5 Å². The van der Waals surface area contributed by atoms with Gasteiger partial charge in [0, 0.05) is 13.1 Å². The molecule has 0 saturated carbocycles. The normalized spacial score (nSPS) is 22.9. The molecule has 1 fully saturated rings. The first kappa shape index (κ1) is 23.1. The minimum Gasteiger partial charge on any atom is -0.375 e. The van der Waals surface area contributed by atoms with Gasteiger partial charge in [0.1, 0.15) is 0 Å². The molecule has 1 N–H and O–H groups in total. The first-order chi connectivity index (χ1) is 14.7. The molecule has 12 heteroatoms. The molecule has 2 aliphatic heterocycles. The van der Waals surface area contributed by atoms with Gasteiger partial charge >= 0.3 is 5.70 Å². The maximum Gasteiger partial charge on any atom is 0.332 e. The second kappa shape index (κ2) is 9.25. The van der Waals surface area contributed by atoms with E-state index in [1.165, 1.54) is 17.8 Å². The number of aryl methyl sites for hydroxylation is 1. The fourth-order valence-electron chi connectivity index (χ4n) is 3.55. The van der Waals surface area contributed by atoms with E-state index < -0.39 is 31.2 Å². The summed E-state index contributed by atoms with van der Waals surface area (Å²) < 4.78 is 32.3. The van der Waals surface area contributed by atoms with Crippen molar-refractivity contribution in [3.63, 3.8) is 0 Å². The summed E-state index contributed by atoms with van der Waals surface area (Å²) in [4.78, 5) is 17.4. The number of aliphatic imine (C=N–C) groups is 1. The maximum absolute atomic E-state index is 13.4. The summed E-state index contributed by atoms with van der Waals surface area (Å²) in [6.45, 7) is 4.61. The van der Waals surface area contributed by atoms with Crippen LogP contribution in [0.4, 0.5) is 0 Å². The molecule has 31 heavy (non-hydrogen) atoms. The summed E-state index contributed by atoms with van der Waals surface area (Å²) in [6.07, 6.45) is 1.58. The molecule has 0 aliphatic carbocycles. The number of morpholine rings is 1. The number of thioether (sulfide) groups is 1. The Morgan fingerprint density at radius 3 is 2.74 bits per heavy atom. The van der Waals surface area contributed by atoms with E-state index in [2.05, 4.69) is 10.3 Å². The zero-order valence-corrected chi connectivity index (χ0v) is 18.9. The second-order valence-electron chi connectivity index (χ2n) is 7.15. The Hall–Kier alpha value is -2.62. The number of sulfone groups is 1. The Morgan fingerprint density at radius 1 is 1.45 bits per heavy atom. The molecule has 1 saturated heterocycles. The molecule has 0 bridgehead atoms. The van der Waals surface area contributed by atoms with Crippen LogP contribution in [0.5, 0.6) is 0 Å². The summed E-state index contributed by atoms with van der Waals surface area (Å²) in [6, 6.07) is 8.00. The fourth-order valence-corrected chi connectivity index (χ4v) is 5.65. The van der Waals surface area contributed by atoms with Gasteiger partial charge in [0.2, 0.25) is 15.1 Å². The van der Waals surface area contributed by atoms with Gasteiger partial charge in [-0.15, -0.1) is 11.8 Å². The number of rotatable bonds is 6. The Morgan fingerprint density at radius 2 is 2.16 bits per heavy atom. The van der Waals surface area contributed by atoms with Crippen molar-refractivity contribution in [2.75, 3.05) is 26.0 Å². The quantitative estimate of drug-likeness (QED) is 0.489. The van der Waals surface area contributed by atoms with Crippen LogP contribution in [-0.4, -0.2) is 66.8 Å². The van der Waals surface area contributed by atoms with E-state index in [1.54, 1.807) is 42.3 Å². The van der Waals surface area contributed by atoms with Gasteiger partial charge in [0.05, 0.1) is 28.6 Å². The molecule has 3 unspecified atom stereocenters. The van der Waals surface area contributed by atoms with Crippen molar-refractivity contribution in [3.05, 3.63) is 51.5 Å². The lowest BCUT2D eigenvalue weighted by atomic mass is 10.1. The number of benzene rings is 1. The predicted molar refractivity (Wildman–Crippen MR) is 117 cm³/mol. The van der Waals surface area contributed by atoms with Crippen LogP contribution >= 0.6 is 11.8 Å². The molecule has 0 spiro atoms. The van der Waals surface area contributed by atoms with Crippen LogP contribution in [0.2, 0.25) is 0 Å². The van der Waals surface area contributed by atoms with E-state index in [0.29, 0.717) is 25.3 Å². The molecule has 2 aliphatic rings. The van der Waals surface area contributed by atoms with Crippen molar-refractivity contribution in [1.82, 2.24) is 10.2 Å². The maximum atomic E-state index is 13.4. The van der Waals surface area contributed by atoms with Crippen LogP contribution in [0, 0.1) is 28.4 Å². The van der Waals surface area contributed by atoms with Gasteiger partial charge in [-0.2, -0.15) is 5.26 Å². The van der Waals surface area contributed by atoms with E-state index in [0.717, 1.165) is 0 Å². The highest BCUT2D eigenvalue weighted by Gasteiger charge is 2.45. The van der Waals surface area contributed by atoms with E-state index in [4.69, 9.17) is 4.74 Å². The molecule has 0 amide bonds. The molecule has 0 aromatic heterocycles. The molecule has 0 radical (unpaired) electrons. The van der Waals surface area contributed by atoms with Crippen molar-refractivity contribution in [3.8, 4) is 6.07 Å². The molecule has 1 aromatic carbocycles. The van der Waals surface area contributed by atoms with Gasteiger partial charge in [-0.3, -0.25) is 10.1 Å². The number of nitriles is 1. The SMILES string of the molecule is CSC1N=C(C(C#N)S(=O)(=O)c2ccccc2C)C([N+](=O)[O-])=C(N2CCOC(C)C2)N1. The lowest BCUT2D eigenvalue weighted by Crippen LogP contribution is -2.50. The van der Waals surface area contributed by atoms with Crippen molar-refractivity contribution >= 4 is 27.3 Å². The average Bonchev–Trinajstić information content (AvgIpc) is 2.73. The number of nitro groups is 1. The highest BCUT2D eigenvalue weighted by Crippen LogP contribution is 2.29. The number of ether oxygens (including phenoxy) is 1. The summed E-state index contributed by atoms with van der Waals surface area (Å²) in [5, 5.41) is 23.1. The largest absolute Gasteiger partial charge is 0.375 e. The average molecular weight is 466 g/mol. The first-order valence-electron chi connectivity index (χ1n) is 9.52. The van der Waals surface area contributed by atoms with Crippen molar-refractivity contribution < 1.29 is 18.1 Å². The number of hydrogen-bond donors (Lipinski definition) is 1. The molecular weight excluding hydrogens is 442 g/mol. The summed E-state index contributed by atoms with van der Waals surface area (Å²) in [7, 11) is -4.26. The molecule has 3 atom stereocenters.